The Balaban J connectivity index is 1.35. The van der Waals surface area contributed by atoms with Crippen molar-refractivity contribution in [3.63, 3.8) is 0 Å². The summed E-state index contributed by atoms with van der Waals surface area (Å²) in [5, 5.41) is 10.1. The first-order valence-corrected chi connectivity index (χ1v) is 14.1. The third-order valence-electron chi connectivity index (χ3n) is 8.30. The molecule has 0 saturated heterocycles. The molecular weight excluding hydrogens is 450 g/mol. The summed E-state index contributed by atoms with van der Waals surface area (Å²) < 4.78 is 29.4. The van der Waals surface area contributed by atoms with Crippen LogP contribution in [0.4, 0.5) is 8.78 Å². The van der Waals surface area contributed by atoms with E-state index in [-0.39, 0.29) is 11.1 Å². The van der Waals surface area contributed by atoms with Crippen molar-refractivity contribution in [3.05, 3.63) is 83.5 Å². The molecule has 3 atom stereocenters. The molecule has 2 aliphatic rings. The molecule has 1 N–H and O–H groups in total. The molecule has 2 aromatic rings. The molecule has 0 heterocycles. The van der Waals surface area contributed by atoms with Crippen LogP contribution in [0.25, 0.3) is 11.1 Å². The van der Waals surface area contributed by atoms with Crippen LogP contribution >= 0.6 is 0 Å². The molecule has 1 nitrogen and oxygen atoms in total. The van der Waals surface area contributed by atoms with Gasteiger partial charge < -0.3 is 5.11 Å². The minimum atomic E-state index is -0.974. The molecule has 4 rings (SSSR count). The van der Waals surface area contributed by atoms with E-state index in [0.717, 1.165) is 24.7 Å². The lowest BCUT2D eigenvalue weighted by Gasteiger charge is -2.27. The predicted octanol–water partition coefficient (Wildman–Crippen LogP) is 9.68. The molecule has 1 fully saturated rings. The molecule has 0 spiro atoms. The summed E-state index contributed by atoms with van der Waals surface area (Å²) in [5.74, 6) is 0.761. The maximum Gasteiger partial charge on any atom is 0.167 e. The van der Waals surface area contributed by atoms with Crippen molar-refractivity contribution in [1.29, 1.82) is 0 Å². The Morgan fingerprint density at radius 1 is 0.833 bits per heavy atom. The molecule has 2 aromatic carbocycles. The minimum absolute atomic E-state index is 0.0369. The van der Waals surface area contributed by atoms with Crippen LogP contribution in [-0.4, -0.2) is 5.11 Å². The topological polar surface area (TPSA) is 20.2 Å². The van der Waals surface area contributed by atoms with Crippen LogP contribution in [-0.2, 0) is 0 Å². The zero-order valence-electron chi connectivity index (χ0n) is 21.9. The quantitative estimate of drug-likeness (QED) is 0.345. The summed E-state index contributed by atoms with van der Waals surface area (Å²) in [6.45, 7) is 4.20. The van der Waals surface area contributed by atoms with Crippen LogP contribution in [0, 0.1) is 29.4 Å². The minimum Gasteiger partial charge on any atom is -0.388 e. The van der Waals surface area contributed by atoms with Crippen molar-refractivity contribution in [2.45, 2.75) is 90.1 Å². The SMILES string of the molecule is CCCC1CCC(/C=C/C2C=CC(c3ccc(-c4ccc(C(O)CCC)c(F)c4F)cc3)CC2)CC1. The normalized spacial score (nSPS) is 25.4. The Bertz CT molecular complexity index is 1030. The highest BCUT2D eigenvalue weighted by Crippen LogP contribution is 2.36. The zero-order chi connectivity index (χ0) is 25.5. The molecule has 36 heavy (non-hydrogen) atoms. The van der Waals surface area contributed by atoms with Crippen LogP contribution in [0.1, 0.15) is 101 Å². The van der Waals surface area contributed by atoms with E-state index in [0.29, 0.717) is 30.2 Å². The van der Waals surface area contributed by atoms with Gasteiger partial charge in [-0.15, -0.1) is 0 Å². The summed E-state index contributed by atoms with van der Waals surface area (Å²) >= 11 is 0. The van der Waals surface area contributed by atoms with Crippen molar-refractivity contribution < 1.29 is 13.9 Å². The lowest BCUT2D eigenvalue weighted by molar-refractivity contribution is 0.160. The highest BCUT2D eigenvalue weighted by atomic mass is 19.2. The maximum absolute atomic E-state index is 14.8. The number of hydrogen-bond acceptors (Lipinski definition) is 1. The van der Waals surface area contributed by atoms with Crippen molar-refractivity contribution in [2.24, 2.45) is 17.8 Å². The van der Waals surface area contributed by atoms with Gasteiger partial charge in [-0.1, -0.05) is 93.8 Å². The van der Waals surface area contributed by atoms with Gasteiger partial charge in [0.05, 0.1) is 6.10 Å². The van der Waals surface area contributed by atoms with Crippen LogP contribution in [0.2, 0.25) is 0 Å². The highest BCUT2D eigenvalue weighted by molar-refractivity contribution is 5.65. The second-order valence-electron chi connectivity index (χ2n) is 10.9. The molecule has 0 bridgehead atoms. The van der Waals surface area contributed by atoms with E-state index in [2.05, 4.69) is 31.2 Å². The summed E-state index contributed by atoms with van der Waals surface area (Å²) in [6, 6.07) is 10.9. The van der Waals surface area contributed by atoms with Crippen molar-refractivity contribution >= 4 is 0 Å². The smallest absolute Gasteiger partial charge is 0.167 e. The molecule has 0 aliphatic heterocycles. The first-order chi connectivity index (χ1) is 17.5. The zero-order valence-corrected chi connectivity index (χ0v) is 21.9. The standard InChI is InChI=1S/C33H42F2O/c1-3-5-23-7-9-24(10-8-23)11-12-25-13-15-26(16-14-25)27-17-19-28(20-18-27)29-21-22-30(31(36)6-4-2)33(35)32(29)34/h11-13,15,17-26,31,36H,3-10,14,16H2,1-2H3/b12-11+. The Morgan fingerprint density at radius 3 is 2.22 bits per heavy atom. The molecule has 194 valence electrons. The van der Waals surface area contributed by atoms with Crippen LogP contribution in [0.5, 0.6) is 0 Å². The van der Waals surface area contributed by atoms with Crippen molar-refractivity contribution in [3.8, 4) is 11.1 Å². The molecule has 0 radical (unpaired) electrons. The van der Waals surface area contributed by atoms with E-state index in [1.165, 1.54) is 50.2 Å². The number of halogens is 2. The summed E-state index contributed by atoms with van der Waals surface area (Å²) in [6.07, 6.45) is 20.1. The van der Waals surface area contributed by atoms with Gasteiger partial charge in [0.2, 0.25) is 0 Å². The van der Waals surface area contributed by atoms with Gasteiger partial charge >= 0.3 is 0 Å². The Labute approximate surface area is 216 Å². The van der Waals surface area contributed by atoms with Gasteiger partial charge in [0.15, 0.2) is 11.6 Å². The van der Waals surface area contributed by atoms with Crippen molar-refractivity contribution in [1.82, 2.24) is 0 Å². The van der Waals surface area contributed by atoms with Gasteiger partial charge in [-0.25, -0.2) is 8.78 Å². The molecule has 1 saturated carbocycles. The third kappa shape index (κ3) is 6.54. The van der Waals surface area contributed by atoms with E-state index >= 15 is 0 Å². The predicted molar refractivity (Wildman–Crippen MR) is 146 cm³/mol. The summed E-state index contributed by atoms with van der Waals surface area (Å²) in [4.78, 5) is 0. The molecule has 2 aliphatic carbocycles. The van der Waals surface area contributed by atoms with Gasteiger partial charge in [-0.05, 0) is 73.8 Å². The van der Waals surface area contributed by atoms with E-state index in [4.69, 9.17) is 0 Å². The van der Waals surface area contributed by atoms with Gasteiger partial charge in [-0.3, -0.25) is 0 Å². The van der Waals surface area contributed by atoms with Crippen molar-refractivity contribution in [2.75, 3.05) is 0 Å². The number of allylic oxidation sites excluding steroid dienone is 4. The van der Waals surface area contributed by atoms with Crippen LogP contribution < -0.4 is 0 Å². The van der Waals surface area contributed by atoms with E-state index in [1.807, 2.05) is 31.2 Å². The Morgan fingerprint density at radius 2 is 1.58 bits per heavy atom. The monoisotopic (exact) mass is 492 g/mol. The molecule has 3 heteroatoms. The second-order valence-corrected chi connectivity index (χ2v) is 10.9. The first kappa shape index (κ1) is 26.8. The Hall–Kier alpha value is -2.26. The average molecular weight is 493 g/mol. The van der Waals surface area contributed by atoms with Crippen LogP contribution in [0.3, 0.4) is 0 Å². The van der Waals surface area contributed by atoms with Crippen LogP contribution in [0.15, 0.2) is 60.7 Å². The summed E-state index contributed by atoms with van der Waals surface area (Å²) in [7, 11) is 0. The largest absolute Gasteiger partial charge is 0.388 e. The van der Waals surface area contributed by atoms with Gasteiger partial charge in [-0.2, -0.15) is 0 Å². The number of aliphatic hydroxyl groups is 1. The number of rotatable bonds is 9. The maximum atomic E-state index is 14.8. The summed E-state index contributed by atoms with van der Waals surface area (Å²) in [5.41, 5.74) is 2.14. The lowest BCUT2D eigenvalue weighted by atomic mass is 9.79. The fourth-order valence-electron chi connectivity index (χ4n) is 6.04. The van der Waals surface area contributed by atoms with E-state index in [1.54, 1.807) is 6.07 Å². The van der Waals surface area contributed by atoms with E-state index in [9.17, 15) is 13.9 Å². The average Bonchev–Trinajstić information content (AvgIpc) is 2.90. The second kappa shape index (κ2) is 12.8. The Kier molecular flexibility index (Phi) is 9.53. The lowest BCUT2D eigenvalue weighted by Crippen LogP contribution is -2.13. The molecule has 0 amide bonds. The number of benzene rings is 2. The third-order valence-corrected chi connectivity index (χ3v) is 8.30. The molecular formula is C33H42F2O. The first-order valence-electron chi connectivity index (χ1n) is 14.1. The van der Waals surface area contributed by atoms with Gasteiger partial charge in [0, 0.05) is 17.0 Å². The molecule has 0 aromatic heterocycles. The van der Waals surface area contributed by atoms with Gasteiger partial charge in [0.25, 0.3) is 0 Å². The fourth-order valence-corrected chi connectivity index (χ4v) is 6.04. The fraction of sp³-hybridized carbons (Fsp3) is 0.515. The highest BCUT2D eigenvalue weighted by Gasteiger charge is 2.21. The van der Waals surface area contributed by atoms with E-state index < -0.39 is 17.7 Å². The van der Waals surface area contributed by atoms with Gasteiger partial charge in [0.1, 0.15) is 0 Å². The number of aliphatic hydroxyl groups excluding tert-OH is 1. The number of hydrogen-bond donors (Lipinski definition) is 1. The molecule has 3 unspecified atom stereocenters.